The summed E-state index contributed by atoms with van der Waals surface area (Å²) in [7, 11) is 1.63. The molecule has 9 heteroatoms. The van der Waals surface area contributed by atoms with Crippen molar-refractivity contribution < 1.29 is 14.6 Å². The maximum Gasteiger partial charge on any atom is 0.204 e. The monoisotopic (exact) mass is 462 g/mol. The predicted molar refractivity (Wildman–Crippen MR) is 120 cm³/mol. The molecule has 0 spiro atoms. The second-order valence-corrected chi connectivity index (χ2v) is 8.24. The summed E-state index contributed by atoms with van der Waals surface area (Å²) in [5.41, 5.74) is 3.71. The first-order valence-corrected chi connectivity index (χ1v) is 10.8. The number of hydrogen-bond donors (Lipinski definition) is 2. The minimum Gasteiger partial charge on any atom is -0.497 e. The Morgan fingerprint density at radius 1 is 1.16 bits per heavy atom. The zero-order chi connectivity index (χ0) is 22.0. The molecule has 31 heavy (non-hydrogen) atoms. The maximum atomic E-state index is 10.4. The Balaban J connectivity index is 1.59. The first kappa shape index (κ1) is 21.9. The summed E-state index contributed by atoms with van der Waals surface area (Å²) in [6, 6.07) is 11.7. The molecule has 0 amide bonds. The van der Waals surface area contributed by atoms with Crippen LogP contribution in [0.4, 0.5) is 5.82 Å². The Hall–Kier alpha value is -2.32. The van der Waals surface area contributed by atoms with Gasteiger partial charge < -0.3 is 19.9 Å². The van der Waals surface area contributed by atoms with Crippen LogP contribution in [-0.4, -0.2) is 39.9 Å². The molecule has 1 aromatic heterocycles. The molecule has 1 atom stereocenters. The van der Waals surface area contributed by atoms with Crippen LogP contribution in [0.15, 0.2) is 36.4 Å². The lowest BCUT2D eigenvalue weighted by atomic mass is 10.1. The number of anilines is 1. The third kappa shape index (κ3) is 4.80. The zero-order valence-corrected chi connectivity index (χ0v) is 18.8. The number of methoxy groups -OCH3 is 1. The summed E-state index contributed by atoms with van der Waals surface area (Å²) >= 11 is 12.4. The van der Waals surface area contributed by atoms with E-state index in [0.29, 0.717) is 34.7 Å². The predicted octanol–water partition coefficient (Wildman–Crippen LogP) is 4.25. The van der Waals surface area contributed by atoms with E-state index in [-0.39, 0.29) is 6.04 Å². The van der Waals surface area contributed by atoms with Crippen molar-refractivity contribution in [2.24, 2.45) is 0 Å². The van der Waals surface area contributed by atoms with Crippen LogP contribution in [0, 0.1) is 0 Å². The molecule has 0 bridgehead atoms. The van der Waals surface area contributed by atoms with Crippen LogP contribution in [0.5, 0.6) is 5.75 Å². The summed E-state index contributed by atoms with van der Waals surface area (Å²) in [4.78, 5) is 0. The van der Waals surface area contributed by atoms with Gasteiger partial charge in [-0.05, 0) is 60.7 Å². The molecule has 0 saturated carbocycles. The Morgan fingerprint density at radius 2 is 1.81 bits per heavy atom. The molecule has 0 fully saturated rings. The zero-order valence-electron chi connectivity index (χ0n) is 17.3. The number of benzene rings is 2. The molecule has 7 nitrogen and oxygen atoms in total. The topological polar surface area (TPSA) is 81.4 Å². The lowest BCUT2D eigenvalue weighted by molar-refractivity contribution is -0.100. The lowest BCUT2D eigenvalue weighted by Gasteiger charge is -2.18. The van der Waals surface area contributed by atoms with Crippen molar-refractivity contribution in [2.45, 2.75) is 38.6 Å². The standard InChI is InChI=1S/C22H24Cl2N4O3/c1-3-31-22(29)20-21(25-16-8-14-10-18(23)19(24)11-15(14)9-16)28(27-26-20)12-13-4-6-17(30-2)7-5-13/h4-7,10-11,16,22,25,29H,3,8-9,12H2,1-2H3. The first-order chi connectivity index (χ1) is 15.0. The van der Waals surface area contributed by atoms with Crippen molar-refractivity contribution in [3.05, 3.63) is 68.8 Å². The van der Waals surface area contributed by atoms with E-state index in [2.05, 4.69) is 15.6 Å². The van der Waals surface area contributed by atoms with Crippen LogP contribution in [-0.2, 0) is 24.1 Å². The highest BCUT2D eigenvalue weighted by atomic mass is 35.5. The average molecular weight is 463 g/mol. The molecule has 1 unspecified atom stereocenters. The number of aliphatic hydroxyl groups is 1. The van der Waals surface area contributed by atoms with Gasteiger partial charge in [-0.3, -0.25) is 0 Å². The molecule has 1 aliphatic rings. The fourth-order valence-electron chi connectivity index (χ4n) is 3.80. The van der Waals surface area contributed by atoms with E-state index in [1.165, 1.54) is 0 Å². The number of nitrogens with one attached hydrogen (secondary N) is 1. The van der Waals surface area contributed by atoms with Gasteiger partial charge in [0.2, 0.25) is 6.29 Å². The second-order valence-electron chi connectivity index (χ2n) is 7.42. The second kappa shape index (κ2) is 9.44. The molecule has 3 aromatic rings. The van der Waals surface area contributed by atoms with Gasteiger partial charge in [0.05, 0.1) is 23.7 Å². The number of rotatable bonds is 8. The van der Waals surface area contributed by atoms with Crippen LogP contribution in [0.3, 0.4) is 0 Å². The highest BCUT2D eigenvalue weighted by Crippen LogP contribution is 2.33. The number of nitrogens with zero attached hydrogens (tertiary/aromatic N) is 3. The number of aliphatic hydroxyl groups excluding tert-OH is 1. The summed E-state index contributed by atoms with van der Waals surface area (Å²) in [6.07, 6.45) is 0.401. The van der Waals surface area contributed by atoms with E-state index >= 15 is 0 Å². The molecule has 1 aliphatic carbocycles. The molecular weight excluding hydrogens is 439 g/mol. The SMILES string of the molecule is CCOC(O)c1nnn(Cc2ccc(OC)cc2)c1NC1Cc2cc(Cl)c(Cl)cc2C1. The van der Waals surface area contributed by atoms with Crippen molar-refractivity contribution in [3.63, 3.8) is 0 Å². The van der Waals surface area contributed by atoms with Crippen molar-refractivity contribution >= 4 is 29.0 Å². The highest BCUT2D eigenvalue weighted by Gasteiger charge is 2.27. The maximum absolute atomic E-state index is 10.4. The number of ether oxygens (including phenoxy) is 2. The third-order valence-electron chi connectivity index (χ3n) is 5.33. The minimum atomic E-state index is -1.16. The number of fused-ring (bicyclic) bond motifs is 1. The fourth-order valence-corrected chi connectivity index (χ4v) is 4.17. The molecule has 4 rings (SSSR count). The number of halogens is 2. The summed E-state index contributed by atoms with van der Waals surface area (Å²) < 4.78 is 12.3. The van der Waals surface area contributed by atoms with Crippen molar-refractivity contribution in [3.8, 4) is 5.75 Å². The van der Waals surface area contributed by atoms with Crippen LogP contribution < -0.4 is 10.1 Å². The summed E-state index contributed by atoms with van der Waals surface area (Å²) in [5.74, 6) is 1.42. The summed E-state index contributed by atoms with van der Waals surface area (Å²) in [6.45, 7) is 2.66. The third-order valence-corrected chi connectivity index (χ3v) is 6.05. The molecule has 2 N–H and O–H groups in total. The van der Waals surface area contributed by atoms with E-state index in [1.54, 1.807) is 11.8 Å². The Morgan fingerprint density at radius 3 is 2.39 bits per heavy atom. The molecule has 164 valence electrons. The first-order valence-electron chi connectivity index (χ1n) is 10.1. The largest absolute Gasteiger partial charge is 0.497 e. The van der Waals surface area contributed by atoms with Gasteiger partial charge in [0.25, 0.3) is 0 Å². The van der Waals surface area contributed by atoms with Gasteiger partial charge in [0.1, 0.15) is 5.75 Å². The molecule has 0 radical (unpaired) electrons. The lowest BCUT2D eigenvalue weighted by Crippen LogP contribution is -2.23. The molecule has 1 heterocycles. The molecular formula is C22H24Cl2N4O3. The van der Waals surface area contributed by atoms with Gasteiger partial charge in [0, 0.05) is 12.6 Å². The van der Waals surface area contributed by atoms with Gasteiger partial charge in [-0.2, -0.15) is 0 Å². The Bertz CT molecular complexity index is 1020. The molecule has 2 aromatic carbocycles. The van der Waals surface area contributed by atoms with Gasteiger partial charge in [-0.15, -0.1) is 5.10 Å². The van der Waals surface area contributed by atoms with E-state index in [4.69, 9.17) is 32.7 Å². The fraction of sp³-hybridized carbons (Fsp3) is 0.364. The summed E-state index contributed by atoms with van der Waals surface area (Å²) in [5, 5.41) is 23.5. The van der Waals surface area contributed by atoms with Crippen molar-refractivity contribution in [2.75, 3.05) is 19.0 Å². The average Bonchev–Trinajstić information content (AvgIpc) is 3.33. The molecule has 0 saturated heterocycles. The van der Waals surface area contributed by atoms with E-state index in [9.17, 15) is 5.11 Å². The van der Waals surface area contributed by atoms with E-state index in [0.717, 1.165) is 35.3 Å². The quantitative estimate of drug-likeness (QED) is 0.487. The Labute approximate surface area is 190 Å². The number of hydrogen-bond acceptors (Lipinski definition) is 6. The van der Waals surface area contributed by atoms with Crippen LogP contribution in [0.1, 0.15) is 35.6 Å². The van der Waals surface area contributed by atoms with Crippen LogP contribution >= 0.6 is 23.2 Å². The van der Waals surface area contributed by atoms with Crippen molar-refractivity contribution in [1.82, 2.24) is 15.0 Å². The van der Waals surface area contributed by atoms with E-state index < -0.39 is 6.29 Å². The van der Waals surface area contributed by atoms with Gasteiger partial charge in [-0.1, -0.05) is 40.5 Å². The van der Waals surface area contributed by atoms with Crippen LogP contribution in [0.2, 0.25) is 10.0 Å². The normalized spacial score (nSPS) is 14.5. The van der Waals surface area contributed by atoms with Gasteiger partial charge in [-0.25, -0.2) is 4.68 Å². The number of aromatic nitrogens is 3. The van der Waals surface area contributed by atoms with Gasteiger partial charge >= 0.3 is 0 Å². The van der Waals surface area contributed by atoms with Gasteiger partial charge in [0.15, 0.2) is 11.5 Å². The van der Waals surface area contributed by atoms with Crippen LogP contribution in [0.25, 0.3) is 0 Å². The minimum absolute atomic E-state index is 0.0882. The molecule has 0 aliphatic heterocycles. The highest BCUT2D eigenvalue weighted by molar-refractivity contribution is 6.42. The van der Waals surface area contributed by atoms with E-state index in [1.807, 2.05) is 43.3 Å². The smallest absolute Gasteiger partial charge is 0.204 e. The van der Waals surface area contributed by atoms with Crippen molar-refractivity contribution in [1.29, 1.82) is 0 Å². The Kier molecular flexibility index (Phi) is 6.67.